The molecule has 0 atom stereocenters. The largest absolute Gasteiger partial charge is 0.510 e. The standard InChI is InChI=1S/C17H33O9P/c1-13(2)8-21-15(18)23-11-25-27(20,10-17(5,6)7)26-12-24-16(19)22-9-14(3)4/h13-14H,8-12H2,1-7H3. The van der Waals surface area contributed by atoms with Gasteiger partial charge in [0.2, 0.25) is 13.6 Å². The highest BCUT2D eigenvalue weighted by molar-refractivity contribution is 7.53. The summed E-state index contributed by atoms with van der Waals surface area (Å²) in [6.07, 6.45) is -1.84. The first-order chi connectivity index (χ1) is 12.3. The Bertz CT molecular complexity index is 463. The van der Waals surface area contributed by atoms with E-state index in [-0.39, 0.29) is 31.2 Å². The predicted octanol–water partition coefficient (Wildman–Crippen LogP) is 4.79. The fourth-order valence-corrected chi connectivity index (χ4v) is 3.42. The first kappa shape index (κ1) is 25.7. The van der Waals surface area contributed by atoms with Crippen LogP contribution in [0.25, 0.3) is 0 Å². The van der Waals surface area contributed by atoms with Crippen LogP contribution in [-0.4, -0.2) is 45.3 Å². The van der Waals surface area contributed by atoms with Crippen LogP contribution in [-0.2, 0) is 32.6 Å². The topological polar surface area (TPSA) is 107 Å². The van der Waals surface area contributed by atoms with Crippen molar-refractivity contribution in [2.75, 3.05) is 33.0 Å². The van der Waals surface area contributed by atoms with Crippen molar-refractivity contribution in [3.05, 3.63) is 0 Å². The van der Waals surface area contributed by atoms with Crippen molar-refractivity contribution >= 4 is 19.9 Å². The first-order valence-electron chi connectivity index (χ1n) is 8.80. The zero-order valence-electron chi connectivity index (χ0n) is 17.3. The van der Waals surface area contributed by atoms with Gasteiger partial charge < -0.3 is 18.9 Å². The van der Waals surface area contributed by atoms with Gasteiger partial charge in [0.1, 0.15) is 0 Å². The van der Waals surface area contributed by atoms with E-state index in [9.17, 15) is 14.2 Å². The lowest BCUT2D eigenvalue weighted by Crippen LogP contribution is -2.19. The molecule has 0 saturated carbocycles. The molecule has 9 nitrogen and oxygen atoms in total. The predicted molar refractivity (Wildman–Crippen MR) is 98.4 cm³/mol. The van der Waals surface area contributed by atoms with E-state index in [4.69, 9.17) is 28.0 Å². The molecule has 0 fully saturated rings. The van der Waals surface area contributed by atoms with Gasteiger partial charge in [-0.05, 0) is 17.3 Å². The van der Waals surface area contributed by atoms with Crippen molar-refractivity contribution in [3.8, 4) is 0 Å². The summed E-state index contributed by atoms with van der Waals surface area (Å²) in [6.45, 7) is 12.2. The summed E-state index contributed by atoms with van der Waals surface area (Å²) in [5, 5.41) is 0. The Kier molecular flexibility index (Phi) is 11.6. The minimum absolute atomic E-state index is 0.0226. The molecule has 0 aromatic rings. The zero-order valence-corrected chi connectivity index (χ0v) is 18.2. The average molecular weight is 412 g/mol. The number of ether oxygens (including phenoxy) is 4. The van der Waals surface area contributed by atoms with E-state index in [0.717, 1.165) is 0 Å². The fourth-order valence-electron chi connectivity index (χ4n) is 1.57. The third-order valence-electron chi connectivity index (χ3n) is 2.59. The first-order valence-corrected chi connectivity index (χ1v) is 10.5. The molecule has 0 aromatic heterocycles. The number of hydrogen-bond acceptors (Lipinski definition) is 9. The molecule has 0 N–H and O–H groups in total. The van der Waals surface area contributed by atoms with Gasteiger partial charge in [0.15, 0.2) is 0 Å². The van der Waals surface area contributed by atoms with Gasteiger partial charge in [0.05, 0.1) is 19.4 Å². The molecule has 0 spiro atoms. The number of rotatable bonds is 11. The van der Waals surface area contributed by atoms with Gasteiger partial charge in [0, 0.05) is 0 Å². The van der Waals surface area contributed by atoms with E-state index in [1.54, 1.807) is 0 Å². The summed E-state index contributed by atoms with van der Waals surface area (Å²) in [7, 11) is -3.69. The molecule has 0 rings (SSSR count). The van der Waals surface area contributed by atoms with E-state index >= 15 is 0 Å². The highest BCUT2D eigenvalue weighted by Gasteiger charge is 2.32. The maximum absolute atomic E-state index is 12.8. The van der Waals surface area contributed by atoms with Crippen LogP contribution in [0.2, 0.25) is 0 Å². The Morgan fingerprint density at radius 1 is 0.778 bits per heavy atom. The molecule has 0 aliphatic carbocycles. The molecule has 0 aliphatic heterocycles. The number of carbonyl (C=O) groups excluding carboxylic acids is 2. The molecule has 10 heteroatoms. The van der Waals surface area contributed by atoms with Crippen molar-refractivity contribution in [3.63, 3.8) is 0 Å². The number of hydrogen-bond donors (Lipinski definition) is 0. The second kappa shape index (κ2) is 12.2. The Morgan fingerprint density at radius 3 is 1.44 bits per heavy atom. The number of carbonyl (C=O) groups is 2. The minimum Gasteiger partial charge on any atom is -0.434 e. The molecule has 0 heterocycles. The van der Waals surface area contributed by atoms with Crippen molar-refractivity contribution in [1.29, 1.82) is 0 Å². The zero-order chi connectivity index (χ0) is 21.1. The Morgan fingerprint density at radius 2 is 1.15 bits per heavy atom. The van der Waals surface area contributed by atoms with E-state index < -0.39 is 38.9 Å². The SMILES string of the molecule is CC(C)COC(=O)OCOP(=O)(CC(C)(C)C)OCOC(=O)OCC(C)C. The van der Waals surface area contributed by atoms with Gasteiger partial charge in [-0.2, -0.15) is 0 Å². The molecule has 0 aliphatic rings. The summed E-state index contributed by atoms with van der Waals surface area (Å²) >= 11 is 0. The second-order valence-corrected chi connectivity index (χ2v) is 10.1. The molecular weight excluding hydrogens is 379 g/mol. The van der Waals surface area contributed by atoms with Crippen LogP contribution in [0, 0.1) is 17.3 Å². The molecule has 0 bridgehead atoms. The smallest absolute Gasteiger partial charge is 0.434 e. The Labute approximate surface area is 161 Å². The molecule has 160 valence electrons. The molecule has 0 aromatic carbocycles. The third-order valence-corrected chi connectivity index (χ3v) is 4.92. The van der Waals surface area contributed by atoms with Gasteiger partial charge in [-0.1, -0.05) is 48.5 Å². The van der Waals surface area contributed by atoms with Crippen molar-refractivity contribution in [2.45, 2.75) is 48.5 Å². The summed E-state index contributed by atoms with van der Waals surface area (Å²) < 4.78 is 42.2. The summed E-state index contributed by atoms with van der Waals surface area (Å²) in [6, 6.07) is 0. The maximum Gasteiger partial charge on any atom is 0.510 e. The van der Waals surface area contributed by atoms with Gasteiger partial charge in [-0.15, -0.1) is 0 Å². The van der Waals surface area contributed by atoms with Gasteiger partial charge >= 0.3 is 19.9 Å². The van der Waals surface area contributed by atoms with Crippen LogP contribution >= 0.6 is 7.60 Å². The van der Waals surface area contributed by atoms with Crippen LogP contribution in [0.1, 0.15) is 48.5 Å². The molecule has 27 heavy (non-hydrogen) atoms. The molecular formula is C17H33O9P. The normalized spacial score (nSPS) is 12.2. The molecule has 0 unspecified atom stereocenters. The second-order valence-electron chi connectivity index (χ2n) is 8.02. The molecule has 0 radical (unpaired) electrons. The lowest BCUT2D eigenvalue weighted by Gasteiger charge is -2.25. The van der Waals surface area contributed by atoms with Crippen LogP contribution in [0.3, 0.4) is 0 Å². The average Bonchev–Trinajstić information content (AvgIpc) is 2.49. The van der Waals surface area contributed by atoms with Gasteiger partial charge in [-0.25, -0.2) is 9.59 Å². The van der Waals surface area contributed by atoms with E-state index in [2.05, 4.69) is 0 Å². The monoisotopic (exact) mass is 412 g/mol. The van der Waals surface area contributed by atoms with Gasteiger partial charge in [0.25, 0.3) is 0 Å². The lowest BCUT2D eigenvalue weighted by molar-refractivity contribution is -0.0249. The summed E-state index contributed by atoms with van der Waals surface area (Å²) in [4.78, 5) is 22.8. The third kappa shape index (κ3) is 15.4. The van der Waals surface area contributed by atoms with Gasteiger partial charge in [-0.3, -0.25) is 13.6 Å². The van der Waals surface area contributed by atoms with Crippen molar-refractivity contribution in [2.24, 2.45) is 17.3 Å². The summed E-state index contributed by atoms with van der Waals surface area (Å²) in [5.41, 5.74) is -0.411. The van der Waals surface area contributed by atoms with Crippen LogP contribution in [0.15, 0.2) is 0 Å². The van der Waals surface area contributed by atoms with Crippen LogP contribution in [0.4, 0.5) is 9.59 Å². The minimum atomic E-state index is -3.69. The quantitative estimate of drug-likeness (QED) is 0.269. The van der Waals surface area contributed by atoms with E-state index in [1.165, 1.54) is 0 Å². The highest BCUT2D eigenvalue weighted by Crippen LogP contribution is 2.52. The van der Waals surface area contributed by atoms with Crippen molar-refractivity contribution in [1.82, 2.24) is 0 Å². The van der Waals surface area contributed by atoms with Crippen LogP contribution < -0.4 is 0 Å². The maximum atomic E-state index is 12.8. The Hall–Kier alpha value is -1.31. The van der Waals surface area contributed by atoms with E-state index in [0.29, 0.717) is 0 Å². The van der Waals surface area contributed by atoms with Crippen molar-refractivity contribution < 1.29 is 42.1 Å². The molecule has 0 saturated heterocycles. The lowest BCUT2D eigenvalue weighted by atomic mass is 10.0. The summed E-state index contributed by atoms with van der Waals surface area (Å²) in [5.74, 6) is 0.308. The highest BCUT2D eigenvalue weighted by atomic mass is 31.2. The Balaban J connectivity index is 4.49. The van der Waals surface area contributed by atoms with E-state index in [1.807, 2.05) is 48.5 Å². The van der Waals surface area contributed by atoms with Crippen LogP contribution in [0.5, 0.6) is 0 Å². The molecule has 0 amide bonds. The fraction of sp³-hybridized carbons (Fsp3) is 0.882.